The molecule has 1 N–H and O–H groups in total. The van der Waals surface area contributed by atoms with Crippen molar-refractivity contribution in [2.45, 2.75) is 50.1 Å². The Morgan fingerprint density at radius 3 is 2.43 bits per heavy atom. The van der Waals surface area contributed by atoms with E-state index in [2.05, 4.69) is 5.32 Å². The maximum atomic E-state index is 14.6. The van der Waals surface area contributed by atoms with Gasteiger partial charge in [0.25, 0.3) is 5.91 Å². The van der Waals surface area contributed by atoms with E-state index < -0.39 is 33.7 Å². The van der Waals surface area contributed by atoms with Crippen LogP contribution in [0.5, 0.6) is 0 Å². The molecule has 0 radical (unpaired) electrons. The lowest BCUT2D eigenvalue weighted by Crippen LogP contribution is -2.52. The Hall–Kier alpha value is -3.31. The molecule has 0 bridgehead atoms. The maximum absolute atomic E-state index is 14.6. The molecule has 0 saturated carbocycles. The molecule has 0 aliphatic carbocycles. The van der Waals surface area contributed by atoms with E-state index in [0.29, 0.717) is 24.3 Å². The van der Waals surface area contributed by atoms with Crippen LogP contribution in [0.15, 0.2) is 41.3 Å². The number of hydrogen-bond acceptors (Lipinski definition) is 6. The lowest BCUT2D eigenvalue weighted by atomic mass is 10.0. The highest BCUT2D eigenvalue weighted by atomic mass is 32.2. The van der Waals surface area contributed by atoms with Gasteiger partial charge < -0.3 is 9.80 Å². The van der Waals surface area contributed by atoms with Crippen molar-refractivity contribution in [3.05, 3.63) is 58.9 Å². The smallest absolute Gasteiger partial charge is 0.255 e. The first-order chi connectivity index (χ1) is 17.6. The topological polar surface area (TPSA) is 107 Å². The molecule has 1 unspecified atom stereocenters. The van der Waals surface area contributed by atoms with E-state index in [0.717, 1.165) is 5.56 Å². The third-order valence-electron chi connectivity index (χ3n) is 7.34. The number of hydrogen-bond donors (Lipinski definition) is 1. The molecule has 2 aromatic rings. The minimum atomic E-state index is -3.69. The van der Waals surface area contributed by atoms with Crippen LogP contribution in [0.2, 0.25) is 0 Å². The summed E-state index contributed by atoms with van der Waals surface area (Å²) in [5.74, 6) is -1.73. The molecule has 1 atom stereocenters. The molecule has 5 rings (SSSR count). The first-order valence-electron chi connectivity index (χ1n) is 12.4. The van der Waals surface area contributed by atoms with E-state index in [9.17, 15) is 27.2 Å². The molecule has 9 nitrogen and oxygen atoms in total. The van der Waals surface area contributed by atoms with Crippen molar-refractivity contribution < 1.29 is 27.2 Å². The molecule has 2 aromatic carbocycles. The summed E-state index contributed by atoms with van der Waals surface area (Å²) < 4.78 is 42.6. The average Bonchev–Trinajstić information content (AvgIpc) is 3.19. The normalized spacial score (nSPS) is 21.0. The molecule has 37 heavy (non-hydrogen) atoms. The number of nitrogens with zero attached hydrogens (tertiary/aromatic N) is 3. The SMILES string of the molecule is CC(C)c1cccc(S(=O)(=O)N2CCN(c3cc(F)cc4c3CN(C3CCC(=O)NC3=O)C4=O)CC2)c1. The van der Waals surface area contributed by atoms with Crippen LogP contribution in [0.4, 0.5) is 10.1 Å². The summed E-state index contributed by atoms with van der Waals surface area (Å²) in [6.45, 7) is 5.21. The molecule has 2 fully saturated rings. The molecule has 0 aromatic heterocycles. The number of piperidine rings is 1. The van der Waals surface area contributed by atoms with Gasteiger partial charge in [0.15, 0.2) is 0 Å². The summed E-state index contributed by atoms with van der Waals surface area (Å²) in [5, 5.41) is 2.27. The van der Waals surface area contributed by atoms with Crippen molar-refractivity contribution in [3.8, 4) is 0 Å². The Bertz CT molecular complexity index is 1390. The maximum Gasteiger partial charge on any atom is 0.255 e. The van der Waals surface area contributed by atoms with Crippen LogP contribution in [-0.4, -0.2) is 67.6 Å². The molecule has 196 valence electrons. The number of carbonyl (C=O) groups is 3. The van der Waals surface area contributed by atoms with Crippen LogP contribution >= 0.6 is 0 Å². The first-order valence-corrected chi connectivity index (χ1v) is 13.8. The average molecular weight is 529 g/mol. The van der Waals surface area contributed by atoms with Gasteiger partial charge in [0, 0.05) is 56.0 Å². The summed E-state index contributed by atoms with van der Waals surface area (Å²) in [7, 11) is -3.69. The summed E-state index contributed by atoms with van der Waals surface area (Å²) in [5.41, 5.74) is 2.27. The number of fused-ring (bicyclic) bond motifs is 1. The number of halogens is 1. The summed E-state index contributed by atoms with van der Waals surface area (Å²) in [6, 6.07) is 8.71. The molecule has 3 aliphatic heterocycles. The van der Waals surface area contributed by atoms with Crippen LogP contribution in [0.1, 0.15) is 54.1 Å². The Balaban J connectivity index is 1.35. The quantitative estimate of drug-likeness (QED) is 0.597. The van der Waals surface area contributed by atoms with Gasteiger partial charge in [0.1, 0.15) is 11.9 Å². The predicted molar refractivity (Wildman–Crippen MR) is 134 cm³/mol. The fraction of sp³-hybridized carbons (Fsp3) is 0.423. The Kier molecular flexibility index (Phi) is 6.53. The standard InChI is InChI=1S/C26H29FN4O5S/c1-16(2)17-4-3-5-19(12-17)37(35,36)30-10-8-29(9-11-30)23-14-18(27)13-20-21(23)15-31(26(20)34)22-6-7-24(32)28-25(22)33/h3-5,12-14,16,22H,6-11,15H2,1-2H3,(H,28,32,33). The lowest BCUT2D eigenvalue weighted by molar-refractivity contribution is -0.136. The lowest BCUT2D eigenvalue weighted by Gasteiger charge is -2.36. The second-order valence-corrected chi connectivity index (χ2v) is 11.9. The monoisotopic (exact) mass is 528 g/mol. The minimum Gasteiger partial charge on any atom is -0.369 e. The summed E-state index contributed by atoms with van der Waals surface area (Å²) in [6.07, 6.45) is 0.352. The number of carbonyl (C=O) groups excluding carboxylic acids is 3. The van der Waals surface area contributed by atoms with Gasteiger partial charge in [-0.15, -0.1) is 0 Å². The van der Waals surface area contributed by atoms with Crippen molar-refractivity contribution in [3.63, 3.8) is 0 Å². The van der Waals surface area contributed by atoms with E-state index >= 15 is 0 Å². The highest BCUT2D eigenvalue weighted by Crippen LogP contribution is 2.36. The van der Waals surface area contributed by atoms with Gasteiger partial charge in [-0.05, 0) is 42.2 Å². The number of rotatable bonds is 5. The predicted octanol–water partition coefficient (Wildman–Crippen LogP) is 2.22. The zero-order valence-electron chi connectivity index (χ0n) is 20.7. The van der Waals surface area contributed by atoms with E-state index in [1.165, 1.54) is 21.3 Å². The van der Waals surface area contributed by atoms with Gasteiger partial charge in [-0.3, -0.25) is 19.7 Å². The molecule has 11 heteroatoms. The number of sulfonamides is 1. The van der Waals surface area contributed by atoms with Crippen LogP contribution in [-0.2, 0) is 26.2 Å². The zero-order valence-corrected chi connectivity index (χ0v) is 21.6. The highest BCUT2D eigenvalue weighted by molar-refractivity contribution is 7.89. The number of benzene rings is 2. The van der Waals surface area contributed by atoms with E-state index in [1.807, 2.05) is 24.8 Å². The fourth-order valence-electron chi connectivity index (χ4n) is 5.24. The van der Waals surface area contributed by atoms with Crippen molar-refractivity contribution in [1.29, 1.82) is 0 Å². The minimum absolute atomic E-state index is 0.122. The second kappa shape index (κ2) is 9.53. The largest absolute Gasteiger partial charge is 0.369 e. The van der Waals surface area contributed by atoms with Gasteiger partial charge in [0.2, 0.25) is 21.8 Å². The van der Waals surface area contributed by atoms with E-state index in [4.69, 9.17) is 0 Å². The van der Waals surface area contributed by atoms with E-state index in [1.54, 1.807) is 18.2 Å². The van der Waals surface area contributed by atoms with Crippen molar-refractivity contribution in [2.75, 3.05) is 31.1 Å². The van der Waals surface area contributed by atoms with E-state index in [-0.39, 0.29) is 54.8 Å². The highest BCUT2D eigenvalue weighted by Gasteiger charge is 2.41. The molecule has 3 amide bonds. The number of nitrogens with one attached hydrogen (secondary N) is 1. The van der Waals surface area contributed by atoms with Crippen molar-refractivity contribution in [1.82, 2.24) is 14.5 Å². The number of imide groups is 1. The van der Waals surface area contributed by atoms with Gasteiger partial charge in [0.05, 0.1) is 4.90 Å². The van der Waals surface area contributed by atoms with Crippen LogP contribution in [0.3, 0.4) is 0 Å². The van der Waals surface area contributed by atoms with Gasteiger partial charge in [-0.2, -0.15) is 4.31 Å². The third kappa shape index (κ3) is 4.61. The molecule has 2 saturated heterocycles. The number of anilines is 1. The van der Waals surface area contributed by atoms with Crippen LogP contribution < -0.4 is 10.2 Å². The Morgan fingerprint density at radius 2 is 1.76 bits per heavy atom. The molecule has 3 heterocycles. The fourth-order valence-corrected chi connectivity index (χ4v) is 6.72. The number of amides is 3. The van der Waals surface area contributed by atoms with Crippen molar-refractivity contribution >= 4 is 33.4 Å². The first kappa shape index (κ1) is 25.3. The second-order valence-electron chi connectivity index (χ2n) is 9.97. The molecule has 0 spiro atoms. The molecular formula is C26H29FN4O5S. The van der Waals surface area contributed by atoms with Gasteiger partial charge in [-0.25, -0.2) is 12.8 Å². The van der Waals surface area contributed by atoms with Gasteiger partial charge >= 0.3 is 0 Å². The summed E-state index contributed by atoms with van der Waals surface area (Å²) in [4.78, 5) is 40.6. The third-order valence-corrected chi connectivity index (χ3v) is 9.23. The number of piperazine rings is 1. The van der Waals surface area contributed by atoms with Crippen molar-refractivity contribution in [2.24, 2.45) is 0 Å². The zero-order chi connectivity index (χ0) is 26.5. The van der Waals surface area contributed by atoms with Gasteiger partial charge in [-0.1, -0.05) is 26.0 Å². The Labute approximate surface area is 215 Å². The Morgan fingerprint density at radius 1 is 1.03 bits per heavy atom. The summed E-state index contributed by atoms with van der Waals surface area (Å²) >= 11 is 0. The van der Waals surface area contributed by atoms with Crippen LogP contribution in [0.25, 0.3) is 0 Å². The van der Waals surface area contributed by atoms with Crippen LogP contribution in [0, 0.1) is 5.82 Å². The molecular weight excluding hydrogens is 499 g/mol. The molecule has 3 aliphatic rings.